The summed E-state index contributed by atoms with van der Waals surface area (Å²) in [6, 6.07) is 7.23. The molecule has 0 N–H and O–H groups in total. The molecule has 5 heteroatoms. The minimum atomic E-state index is -0.454. The fraction of sp³-hybridized carbons (Fsp3) is 0. The van der Waals surface area contributed by atoms with E-state index in [0.717, 1.165) is 4.88 Å². The molecule has 2 aromatic rings. The van der Waals surface area contributed by atoms with Gasteiger partial charge in [0.15, 0.2) is 11.5 Å². The number of thiophene rings is 1. The predicted molar refractivity (Wildman–Crippen MR) is 63.6 cm³/mol. The van der Waals surface area contributed by atoms with Crippen LogP contribution in [0, 0.1) is 0 Å². The van der Waals surface area contributed by atoms with E-state index in [4.69, 9.17) is 9.15 Å². The van der Waals surface area contributed by atoms with Crippen LogP contribution >= 0.6 is 11.3 Å². The van der Waals surface area contributed by atoms with Crippen molar-refractivity contribution in [3.8, 4) is 0 Å². The van der Waals surface area contributed by atoms with E-state index in [2.05, 4.69) is 4.99 Å². The van der Waals surface area contributed by atoms with Gasteiger partial charge in [-0.2, -0.15) is 0 Å². The fourth-order valence-electron chi connectivity index (χ4n) is 1.42. The number of cyclic esters (lactones) is 1. The van der Waals surface area contributed by atoms with Gasteiger partial charge in [-0.1, -0.05) is 6.07 Å². The molecule has 1 aliphatic rings. The first kappa shape index (κ1) is 10.0. The number of rotatable bonds is 2. The normalized spacial score (nSPS) is 17.3. The smallest absolute Gasteiger partial charge is 0.363 e. The van der Waals surface area contributed by atoms with Crippen LogP contribution in [-0.4, -0.2) is 11.9 Å². The molecule has 4 nitrogen and oxygen atoms in total. The molecule has 0 amide bonds. The van der Waals surface area contributed by atoms with Crippen molar-refractivity contribution in [1.82, 2.24) is 0 Å². The lowest BCUT2D eigenvalue weighted by atomic mass is 10.3. The third-order valence-electron chi connectivity index (χ3n) is 2.17. The zero-order chi connectivity index (χ0) is 11.7. The van der Waals surface area contributed by atoms with E-state index in [9.17, 15) is 4.79 Å². The summed E-state index contributed by atoms with van der Waals surface area (Å²) in [6.45, 7) is 0. The second kappa shape index (κ2) is 4.03. The van der Waals surface area contributed by atoms with Gasteiger partial charge in [0, 0.05) is 4.88 Å². The molecule has 0 radical (unpaired) electrons. The van der Waals surface area contributed by atoms with Gasteiger partial charge in [-0.05, 0) is 29.7 Å². The van der Waals surface area contributed by atoms with Gasteiger partial charge in [0.25, 0.3) is 5.90 Å². The van der Waals surface area contributed by atoms with E-state index in [1.807, 2.05) is 17.5 Å². The summed E-state index contributed by atoms with van der Waals surface area (Å²) >= 11 is 1.53. The summed E-state index contributed by atoms with van der Waals surface area (Å²) in [6.07, 6.45) is 3.20. The molecule has 84 valence electrons. The highest BCUT2D eigenvalue weighted by Crippen LogP contribution is 2.21. The minimum absolute atomic E-state index is 0.211. The first-order valence-corrected chi connectivity index (χ1v) is 5.81. The molecule has 0 bridgehead atoms. The van der Waals surface area contributed by atoms with Gasteiger partial charge in [-0.25, -0.2) is 9.79 Å². The summed E-state index contributed by atoms with van der Waals surface area (Å²) in [5.74, 6) is 0.209. The summed E-state index contributed by atoms with van der Waals surface area (Å²) in [5, 5.41) is 1.93. The van der Waals surface area contributed by atoms with Crippen LogP contribution in [0.15, 0.2) is 51.0 Å². The molecule has 0 aromatic carbocycles. The fourth-order valence-corrected chi connectivity index (χ4v) is 2.07. The molecular weight excluding hydrogens is 238 g/mol. The second-order valence-corrected chi connectivity index (χ2v) is 4.31. The van der Waals surface area contributed by atoms with E-state index >= 15 is 0 Å². The molecule has 0 unspecified atom stereocenters. The van der Waals surface area contributed by atoms with Crippen LogP contribution in [0.4, 0.5) is 0 Å². The highest BCUT2D eigenvalue weighted by Gasteiger charge is 2.25. The van der Waals surface area contributed by atoms with Crippen molar-refractivity contribution in [2.45, 2.75) is 0 Å². The number of hydrogen-bond acceptors (Lipinski definition) is 5. The molecule has 0 saturated heterocycles. The number of aliphatic imine (C=N–C) groups is 1. The highest BCUT2D eigenvalue weighted by atomic mass is 32.1. The molecule has 0 fully saturated rings. The lowest BCUT2D eigenvalue weighted by Gasteiger charge is -1.91. The van der Waals surface area contributed by atoms with Crippen LogP contribution in [0.1, 0.15) is 10.6 Å². The van der Waals surface area contributed by atoms with Crippen molar-refractivity contribution in [3.05, 3.63) is 52.2 Å². The number of furan rings is 1. The summed E-state index contributed by atoms with van der Waals surface area (Å²) in [5.41, 5.74) is 0.291. The van der Waals surface area contributed by atoms with Crippen LogP contribution in [0.25, 0.3) is 6.08 Å². The molecule has 1 aliphatic heterocycles. The van der Waals surface area contributed by atoms with Crippen molar-refractivity contribution in [2.24, 2.45) is 4.99 Å². The Bertz CT molecular complexity index is 594. The van der Waals surface area contributed by atoms with Crippen LogP contribution in [0.5, 0.6) is 0 Å². The van der Waals surface area contributed by atoms with Crippen LogP contribution in [-0.2, 0) is 9.53 Å². The van der Waals surface area contributed by atoms with Crippen LogP contribution in [0.2, 0.25) is 0 Å². The number of esters is 1. The standard InChI is InChI=1S/C12H7NO3S/c14-12-9(7-8-3-2-6-17-8)13-11(16-12)10-4-1-5-15-10/h1-7H/b9-7-. The Balaban J connectivity index is 1.95. The van der Waals surface area contributed by atoms with Gasteiger partial charge in [-0.15, -0.1) is 11.3 Å². The third kappa shape index (κ3) is 1.92. The maximum Gasteiger partial charge on any atom is 0.363 e. The molecule has 0 atom stereocenters. The molecule has 0 aliphatic carbocycles. The number of nitrogens with zero attached hydrogens (tertiary/aromatic N) is 1. The molecule has 3 heterocycles. The van der Waals surface area contributed by atoms with Crippen molar-refractivity contribution < 1.29 is 13.9 Å². The average molecular weight is 245 g/mol. The topological polar surface area (TPSA) is 51.8 Å². The number of carbonyl (C=O) groups is 1. The van der Waals surface area contributed by atoms with Gasteiger partial charge >= 0.3 is 5.97 Å². The molecule has 3 rings (SSSR count). The Morgan fingerprint density at radius 3 is 2.94 bits per heavy atom. The van der Waals surface area contributed by atoms with Gasteiger partial charge < -0.3 is 9.15 Å². The lowest BCUT2D eigenvalue weighted by molar-refractivity contribution is -0.130. The van der Waals surface area contributed by atoms with Crippen molar-refractivity contribution in [2.75, 3.05) is 0 Å². The van der Waals surface area contributed by atoms with Crippen molar-refractivity contribution in [3.63, 3.8) is 0 Å². The van der Waals surface area contributed by atoms with Crippen molar-refractivity contribution >= 4 is 29.3 Å². The first-order chi connectivity index (χ1) is 8.33. The van der Waals surface area contributed by atoms with Gasteiger partial charge in [-0.3, -0.25) is 0 Å². The van der Waals surface area contributed by atoms with E-state index < -0.39 is 5.97 Å². The van der Waals surface area contributed by atoms with Gasteiger partial charge in [0.1, 0.15) is 0 Å². The maximum absolute atomic E-state index is 11.6. The zero-order valence-electron chi connectivity index (χ0n) is 8.62. The van der Waals surface area contributed by atoms with Crippen LogP contribution in [0.3, 0.4) is 0 Å². The van der Waals surface area contributed by atoms with Gasteiger partial charge in [0.05, 0.1) is 6.26 Å². The Morgan fingerprint density at radius 1 is 1.29 bits per heavy atom. The molecular formula is C12H7NO3S. The molecule has 0 saturated carbocycles. The summed E-state index contributed by atoms with van der Waals surface area (Å²) < 4.78 is 10.1. The quantitative estimate of drug-likeness (QED) is 0.603. The maximum atomic E-state index is 11.6. The van der Waals surface area contributed by atoms with E-state index in [-0.39, 0.29) is 5.90 Å². The summed E-state index contributed by atoms with van der Waals surface area (Å²) in [7, 11) is 0. The first-order valence-electron chi connectivity index (χ1n) is 4.93. The van der Waals surface area contributed by atoms with E-state index in [1.54, 1.807) is 18.2 Å². The summed E-state index contributed by atoms with van der Waals surface area (Å²) in [4.78, 5) is 16.6. The second-order valence-electron chi connectivity index (χ2n) is 3.33. The minimum Gasteiger partial charge on any atom is -0.459 e. The Labute approximate surface area is 101 Å². The molecule has 17 heavy (non-hydrogen) atoms. The third-order valence-corrected chi connectivity index (χ3v) is 2.99. The number of ether oxygens (including phenoxy) is 1. The van der Waals surface area contributed by atoms with E-state index in [0.29, 0.717) is 11.5 Å². The zero-order valence-corrected chi connectivity index (χ0v) is 9.44. The largest absolute Gasteiger partial charge is 0.459 e. The Hall–Kier alpha value is -2.14. The van der Waals surface area contributed by atoms with Crippen LogP contribution < -0.4 is 0 Å². The SMILES string of the molecule is O=C1OC(c2ccco2)=N/C1=C\c1cccs1. The lowest BCUT2D eigenvalue weighted by Crippen LogP contribution is -2.03. The molecule has 0 spiro atoms. The predicted octanol–water partition coefficient (Wildman–Crippen LogP) is 2.69. The Kier molecular flexibility index (Phi) is 2.38. The monoisotopic (exact) mass is 245 g/mol. The van der Waals surface area contributed by atoms with Crippen molar-refractivity contribution in [1.29, 1.82) is 0 Å². The average Bonchev–Trinajstić information content (AvgIpc) is 3.02. The Morgan fingerprint density at radius 2 is 2.24 bits per heavy atom. The van der Waals surface area contributed by atoms with Gasteiger partial charge in [0.2, 0.25) is 0 Å². The number of carbonyl (C=O) groups excluding carboxylic acids is 1. The van der Waals surface area contributed by atoms with E-state index in [1.165, 1.54) is 17.6 Å². The highest BCUT2D eigenvalue weighted by molar-refractivity contribution is 7.10. The molecule has 2 aromatic heterocycles. The number of hydrogen-bond donors (Lipinski definition) is 0.